The molecule has 2 aromatic carbocycles. The lowest BCUT2D eigenvalue weighted by molar-refractivity contribution is 0.415. The minimum Gasteiger partial charge on any atom is -0.496 e. The molecule has 0 aliphatic heterocycles. The summed E-state index contributed by atoms with van der Waals surface area (Å²) >= 11 is 1.43. The maximum absolute atomic E-state index is 13.5. The van der Waals surface area contributed by atoms with Gasteiger partial charge in [-0.2, -0.15) is 0 Å². The lowest BCUT2D eigenvalue weighted by Gasteiger charge is -2.08. The average molecular weight is 330 g/mol. The second-order valence-corrected chi connectivity index (χ2v) is 5.57. The molecular weight excluding hydrogens is 315 g/mol. The fraction of sp³-hybridized carbons (Fsp3) is 0.118. The van der Waals surface area contributed by atoms with Gasteiger partial charge in [-0.1, -0.05) is 12.1 Å². The second-order valence-electron chi connectivity index (χ2n) is 4.71. The van der Waals surface area contributed by atoms with Crippen LogP contribution in [0.15, 0.2) is 47.8 Å². The largest absolute Gasteiger partial charge is 0.496 e. The zero-order valence-corrected chi connectivity index (χ0v) is 13.5. The predicted octanol–water partition coefficient (Wildman–Crippen LogP) is 4.71. The summed E-state index contributed by atoms with van der Waals surface area (Å²) in [6, 6.07) is 12.0. The van der Waals surface area contributed by atoms with Crippen LogP contribution in [0.1, 0.15) is 0 Å². The number of ether oxygens (including phenoxy) is 2. The summed E-state index contributed by atoms with van der Waals surface area (Å²) in [6.07, 6.45) is 0. The van der Waals surface area contributed by atoms with E-state index in [-0.39, 0.29) is 5.82 Å². The summed E-state index contributed by atoms with van der Waals surface area (Å²) in [4.78, 5) is 4.51. The number of aromatic nitrogens is 1. The summed E-state index contributed by atoms with van der Waals surface area (Å²) < 4.78 is 24.1. The van der Waals surface area contributed by atoms with Crippen LogP contribution in [-0.4, -0.2) is 19.2 Å². The SMILES string of the molecule is COc1ccccc1Nc1nc(-c2cc(F)ccc2OC)cs1. The van der Waals surface area contributed by atoms with Gasteiger partial charge in [0.25, 0.3) is 0 Å². The van der Waals surface area contributed by atoms with E-state index in [9.17, 15) is 4.39 Å². The van der Waals surface area contributed by atoms with Crippen LogP contribution in [0.2, 0.25) is 0 Å². The van der Waals surface area contributed by atoms with E-state index in [1.54, 1.807) is 20.3 Å². The fourth-order valence-electron chi connectivity index (χ4n) is 2.20. The minimum atomic E-state index is -0.326. The van der Waals surface area contributed by atoms with Gasteiger partial charge in [0.05, 0.1) is 25.6 Å². The number of para-hydroxylation sites is 2. The van der Waals surface area contributed by atoms with Crippen LogP contribution in [0, 0.1) is 5.82 Å². The molecule has 1 N–H and O–H groups in total. The first-order valence-electron chi connectivity index (χ1n) is 6.90. The molecule has 4 nitrogen and oxygen atoms in total. The van der Waals surface area contributed by atoms with Gasteiger partial charge in [-0.3, -0.25) is 0 Å². The molecule has 0 spiro atoms. The van der Waals surface area contributed by atoms with Crippen molar-refractivity contribution in [2.24, 2.45) is 0 Å². The summed E-state index contributed by atoms with van der Waals surface area (Å²) in [5.74, 6) is 0.987. The molecule has 3 rings (SSSR count). The molecule has 118 valence electrons. The summed E-state index contributed by atoms with van der Waals surface area (Å²) in [7, 11) is 3.17. The van der Waals surface area contributed by atoms with Gasteiger partial charge in [0.1, 0.15) is 17.3 Å². The van der Waals surface area contributed by atoms with Crippen molar-refractivity contribution in [2.75, 3.05) is 19.5 Å². The smallest absolute Gasteiger partial charge is 0.187 e. The first-order chi connectivity index (χ1) is 11.2. The van der Waals surface area contributed by atoms with Crippen LogP contribution in [0.3, 0.4) is 0 Å². The molecule has 0 saturated heterocycles. The van der Waals surface area contributed by atoms with Crippen molar-refractivity contribution in [2.45, 2.75) is 0 Å². The highest BCUT2D eigenvalue weighted by Crippen LogP contribution is 2.35. The third kappa shape index (κ3) is 3.27. The lowest BCUT2D eigenvalue weighted by Crippen LogP contribution is -1.94. The Labute approximate surface area is 137 Å². The number of methoxy groups -OCH3 is 2. The normalized spacial score (nSPS) is 10.4. The molecule has 3 aromatic rings. The molecule has 0 amide bonds. The zero-order chi connectivity index (χ0) is 16.2. The zero-order valence-electron chi connectivity index (χ0n) is 12.7. The fourth-order valence-corrected chi connectivity index (χ4v) is 2.92. The molecule has 0 saturated carbocycles. The van der Waals surface area contributed by atoms with E-state index in [0.29, 0.717) is 22.1 Å². The van der Waals surface area contributed by atoms with E-state index >= 15 is 0 Å². The summed E-state index contributed by atoms with van der Waals surface area (Å²) in [6.45, 7) is 0. The molecular formula is C17H15FN2O2S. The van der Waals surface area contributed by atoms with Gasteiger partial charge in [0.2, 0.25) is 0 Å². The van der Waals surface area contributed by atoms with Gasteiger partial charge in [0.15, 0.2) is 5.13 Å². The van der Waals surface area contributed by atoms with Crippen molar-refractivity contribution in [1.82, 2.24) is 4.98 Å². The monoisotopic (exact) mass is 330 g/mol. The number of anilines is 2. The molecule has 0 fully saturated rings. The highest BCUT2D eigenvalue weighted by atomic mass is 32.1. The molecule has 0 atom stereocenters. The number of nitrogens with one attached hydrogen (secondary N) is 1. The first kappa shape index (κ1) is 15.3. The number of halogens is 1. The molecule has 1 heterocycles. The molecule has 0 bridgehead atoms. The third-order valence-corrected chi connectivity index (χ3v) is 4.05. The topological polar surface area (TPSA) is 43.4 Å². The number of benzene rings is 2. The van der Waals surface area contributed by atoms with Crippen LogP contribution in [0.4, 0.5) is 15.2 Å². The highest BCUT2D eigenvalue weighted by molar-refractivity contribution is 7.14. The Morgan fingerprint density at radius 2 is 1.83 bits per heavy atom. The molecule has 0 aliphatic carbocycles. The number of hydrogen-bond donors (Lipinski definition) is 1. The second kappa shape index (κ2) is 6.66. The Kier molecular flexibility index (Phi) is 4.43. The van der Waals surface area contributed by atoms with Crippen molar-refractivity contribution in [3.05, 3.63) is 53.7 Å². The molecule has 0 radical (unpaired) electrons. The van der Waals surface area contributed by atoms with E-state index in [1.807, 2.05) is 29.6 Å². The quantitative estimate of drug-likeness (QED) is 0.736. The van der Waals surface area contributed by atoms with Crippen LogP contribution < -0.4 is 14.8 Å². The third-order valence-electron chi connectivity index (χ3n) is 3.29. The Bertz CT molecular complexity index is 820. The molecule has 1 aromatic heterocycles. The van der Waals surface area contributed by atoms with Crippen LogP contribution in [0.5, 0.6) is 11.5 Å². The minimum absolute atomic E-state index is 0.326. The molecule has 0 unspecified atom stereocenters. The maximum atomic E-state index is 13.5. The highest BCUT2D eigenvalue weighted by Gasteiger charge is 2.12. The van der Waals surface area contributed by atoms with Crippen LogP contribution >= 0.6 is 11.3 Å². The van der Waals surface area contributed by atoms with E-state index in [1.165, 1.54) is 23.5 Å². The molecule has 23 heavy (non-hydrogen) atoms. The van der Waals surface area contributed by atoms with Crippen LogP contribution in [0.25, 0.3) is 11.3 Å². The van der Waals surface area contributed by atoms with Gasteiger partial charge in [-0.15, -0.1) is 11.3 Å². The average Bonchev–Trinajstić information content (AvgIpc) is 3.03. The van der Waals surface area contributed by atoms with E-state index < -0.39 is 0 Å². The van der Waals surface area contributed by atoms with Crippen molar-refractivity contribution < 1.29 is 13.9 Å². The van der Waals surface area contributed by atoms with E-state index in [0.717, 1.165) is 11.4 Å². The van der Waals surface area contributed by atoms with Crippen molar-refractivity contribution in [3.63, 3.8) is 0 Å². The van der Waals surface area contributed by atoms with Crippen LogP contribution in [-0.2, 0) is 0 Å². The number of thiazole rings is 1. The Hall–Kier alpha value is -2.60. The number of nitrogens with zero attached hydrogens (tertiary/aromatic N) is 1. The van der Waals surface area contributed by atoms with E-state index in [2.05, 4.69) is 10.3 Å². The van der Waals surface area contributed by atoms with Gasteiger partial charge >= 0.3 is 0 Å². The Balaban J connectivity index is 1.91. The van der Waals surface area contributed by atoms with Gasteiger partial charge in [0, 0.05) is 10.9 Å². The number of rotatable bonds is 5. The first-order valence-corrected chi connectivity index (χ1v) is 7.78. The number of hydrogen-bond acceptors (Lipinski definition) is 5. The van der Waals surface area contributed by atoms with Crippen molar-refractivity contribution in [1.29, 1.82) is 0 Å². The van der Waals surface area contributed by atoms with E-state index in [4.69, 9.17) is 9.47 Å². The summed E-state index contributed by atoms with van der Waals surface area (Å²) in [5.41, 5.74) is 2.10. The van der Waals surface area contributed by atoms with Crippen molar-refractivity contribution in [3.8, 4) is 22.8 Å². The van der Waals surface area contributed by atoms with Crippen molar-refractivity contribution >= 4 is 22.2 Å². The van der Waals surface area contributed by atoms with Gasteiger partial charge in [-0.25, -0.2) is 9.37 Å². The standard InChI is InChI=1S/C17H15FN2O2S/c1-21-15-8-7-11(18)9-12(15)14-10-23-17(20-14)19-13-5-3-4-6-16(13)22-2/h3-10H,1-2H3,(H,19,20). The predicted molar refractivity (Wildman–Crippen MR) is 90.3 cm³/mol. The van der Waals surface area contributed by atoms with Gasteiger partial charge in [-0.05, 0) is 30.3 Å². The Morgan fingerprint density at radius 1 is 1.04 bits per heavy atom. The molecule has 6 heteroatoms. The lowest BCUT2D eigenvalue weighted by atomic mass is 10.1. The maximum Gasteiger partial charge on any atom is 0.187 e. The summed E-state index contributed by atoms with van der Waals surface area (Å²) in [5, 5.41) is 5.76. The van der Waals surface area contributed by atoms with Gasteiger partial charge < -0.3 is 14.8 Å². The molecule has 0 aliphatic rings. The Morgan fingerprint density at radius 3 is 2.61 bits per heavy atom.